The molecule has 2 atom stereocenters. The van der Waals surface area contributed by atoms with Crippen molar-refractivity contribution in [1.29, 1.82) is 0 Å². The van der Waals surface area contributed by atoms with E-state index in [-0.39, 0.29) is 35.9 Å². The molecule has 12 nitrogen and oxygen atoms in total. The van der Waals surface area contributed by atoms with Crippen LogP contribution in [0.3, 0.4) is 0 Å². The van der Waals surface area contributed by atoms with Gasteiger partial charge < -0.3 is 14.7 Å². The first-order valence-electron chi connectivity index (χ1n) is 20.8. The van der Waals surface area contributed by atoms with Crippen LogP contribution in [0.4, 0.5) is 30.2 Å². The SMILES string of the molecule is [C-]#[N+]c1ccc(N2CC3(CCN(c4ccc(C(=O)N5CCC(CN6Cc7cc8c(cc7C6)C(=O)N(C6CCC(=O)NC6=O)C8=O)CC5)cc4)CC3)C[C@@H]2C)cc1C(F)(F)F. The van der Waals surface area contributed by atoms with Crippen molar-refractivity contribution in [2.45, 2.75) is 83.2 Å². The van der Waals surface area contributed by atoms with Gasteiger partial charge in [0.05, 0.1) is 23.3 Å². The molecule has 6 heterocycles. The van der Waals surface area contributed by atoms with Gasteiger partial charge in [0.1, 0.15) is 6.04 Å². The number of piperidine rings is 3. The molecule has 3 aromatic rings. The molecule has 5 amide bonds. The zero-order chi connectivity index (χ0) is 42.1. The van der Waals surface area contributed by atoms with E-state index in [2.05, 4.69) is 31.8 Å². The van der Waals surface area contributed by atoms with Gasteiger partial charge in [0.25, 0.3) is 17.7 Å². The largest absolute Gasteiger partial charge is 0.407 e. The van der Waals surface area contributed by atoms with Crippen molar-refractivity contribution in [2.24, 2.45) is 11.3 Å². The lowest BCUT2D eigenvalue weighted by atomic mass is 9.76. The van der Waals surface area contributed by atoms with Crippen LogP contribution in [0.2, 0.25) is 0 Å². The molecule has 0 bridgehead atoms. The maximum absolute atomic E-state index is 13.7. The lowest BCUT2D eigenvalue weighted by Gasteiger charge is -2.40. The maximum atomic E-state index is 13.7. The Morgan fingerprint density at radius 3 is 2.10 bits per heavy atom. The topological polar surface area (TPSA) is 118 Å². The van der Waals surface area contributed by atoms with Crippen molar-refractivity contribution >= 4 is 46.6 Å². The number of benzene rings is 3. The van der Waals surface area contributed by atoms with Gasteiger partial charge in [0.15, 0.2) is 5.69 Å². The Bertz CT molecular complexity index is 2280. The fourth-order valence-electron chi connectivity index (χ4n) is 10.5. The molecule has 0 aromatic heterocycles. The minimum atomic E-state index is -4.59. The van der Waals surface area contributed by atoms with E-state index in [1.807, 2.05) is 29.2 Å². The van der Waals surface area contributed by atoms with E-state index >= 15 is 0 Å². The Kier molecular flexibility index (Phi) is 9.96. The van der Waals surface area contributed by atoms with E-state index in [0.29, 0.717) is 61.0 Å². The van der Waals surface area contributed by atoms with E-state index in [4.69, 9.17) is 6.57 Å². The number of hydrogen-bond acceptors (Lipinski definition) is 8. The van der Waals surface area contributed by atoms with Crippen molar-refractivity contribution in [1.82, 2.24) is 20.0 Å². The number of anilines is 2. The van der Waals surface area contributed by atoms with E-state index in [1.165, 1.54) is 6.07 Å². The Balaban J connectivity index is 0.747. The monoisotopic (exact) mass is 821 g/mol. The Labute approximate surface area is 346 Å². The zero-order valence-corrected chi connectivity index (χ0v) is 33.4. The molecule has 1 unspecified atom stereocenters. The summed E-state index contributed by atoms with van der Waals surface area (Å²) in [7, 11) is 0. The first kappa shape index (κ1) is 39.7. The summed E-state index contributed by atoms with van der Waals surface area (Å²) in [6.45, 7) is 15.0. The second kappa shape index (κ2) is 15.1. The third-order valence-corrected chi connectivity index (χ3v) is 13.8. The molecule has 0 radical (unpaired) electrons. The normalized spacial score (nSPS) is 23.3. The maximum Gasteiger partial charge on any atom is 0.407 e. The second-order valence-corrected chi connectivity index (χ2v) is 17.5. The van der Waals surface area contributed by atoms with Crippen molar-refractivity contribution < 1.29 is 37.1 Å². The van der Waals surface area contributed by atoms with Gasteiger partial charge in [-0.05, 0) is 116 Å². The minimum absolute atomic E-state index is 0.00203. The van der Waals surface area contributed by atoms with Gasteiger partial charge in [-0.2, -0.15) is 13.2 Å². The highest BCUT2D eigenvalue weighted by Gasteiger charge is 2.47. The number of amides is 5. The molecule has 0 saturated carbocycles. The number of carbonyl (C=O) groups is 5. The molecule has 9 rings (SSSR count). The van der Waals surface area contributed by atoms with E-state index in [0.717, 1.165) is 79.5 Å². The van der Waals surface area contributed by atoms with E-state index in [9.17, 15) is 37.1 Å². The molecule has 15 heteroatoms. The Morgan fingerprint density at radius 1 is 0.867 bits per heavy atom. The van der Waals surface area contributed by atoms with Crippen LogP contribution in [0.5, 0.6) is 0 Å². The van der Waals surface area contributed by atoms with Crippen molar-refractivity contribution in [3.63, 3.8) is 0 Å². The fraction of sp³-hybridized carbons (Fsp3) is 0.467. The lowest BCUT2D eigenvalue weighted by Crippen LogP contribution is -2.54. The fourth-order valence-corrected chi connectivity index (χ4v) is 10.5. The Hall–Kier alpha value is -5.75. The predicted molar refractivity (Wildman–Crippen MR) is 215 cm³/mol. The van der Waals surface area contributed by atoms with Crippen molar-refractivity contribution in [2.75, 3.05) is 49.1 Å². The molecule has 4 saturated heterocycles. The van der Waals surface area contributed by atoms with E-state index < -0.39 is 41.4 Å². The van der Waals surface area contributed by atoms with Crippen LogP contribution in [0.15, 0.2) is 54.6 Å². The molecule has 60 heavy (non-hydrogen) atoms. The third kappa shape index (κ3) is 7.18. The molecule has 3 aromatic carbocycles. The van der Waals surface area contributed by atoms with Crippen LogP contribution < -0.4 is 15.1 Å². The average molecular weight is 822 g/mol. The molecule has 1 N–H and O–H groups in total. The first-order chi connectivity index (χ1) is 28.7. The van der Waals surface area contributed by atoms with Crippen molar-refractivity contribution in [3.05, 3.63) is 99.4 Å². The highest BCUT2D eigenvalue weighted by Crippen LogP contribution is 2.47. The number of likely N-dealkylation sites (tertiary alicyclic amines) is 1. The lowest BCUT2D eigenvalue weighted by molar-refractivity contribution is -0.137. The van der Waals surface area contributed by atoms with Gasteiger partial charge in [-0.25, -0.2) is 4.85 Å². The molecule has 4 fully saturated rings. The molecule has 0 aliphatic carbocycles. The van der Waals surface area contributed by atoms with Gasteiger partial charge in [0.2, 0.25) is 11.8 Å². The van der Waals surface area contributed by atoms with Crippen LogP contribution in [-0.4, -0.2) is 95.6 Å². The average Bonchev–Trinajstić information content (AvgIpc) is 3.86. The summed E-state index contributed by atoms with van der Waals surface area (Å²) in [5.41, 5.74) is 3.53. The van der Waals surface area contributed by atoms with Crippen LogP contribution in [-0.2, 0) is 28.9 Å². The van der Waals surface area contributed by atoms with Gasteiger partial charge in [-0.15, -0.1) is 0 Å². The third-order valence-electron chi connectivity index (χ3n) is 13.8. The number of halogens is 3. The Morgan fingerprint density at radius 2 is 1.50 bits per heavy atom. The highest BCUT2D eigenvalue weighted by atomic mass is 19.4. The first-order valence-corrected chi connectivity index (χ1v) is 20.8. The van der Waals surface area contributed by atoms with Crippen LogP contribution in [0.25, 0.3) is 4.85 Å². The molecule has 6 aliphatic rings. The molecular formula is C45H46F3N7O5. The van der Waals surface area contributed by atoms with Gasteiger partial charge in [-0.1, -0.05) is 6.07 Å². The number of rotatable bonds is 6. The summed E-state index contributed by atoms with van der Waals surface area (Å²) in [6.07, 6.45) is 0.0560. The molecule has 6 aliphatic heterocycles. The zero-order valence-electron chi connectivity index (χ0n) is 33.4. The predicted octanol–water partition coefficient (Wildman–Crippen LogP) is 6.41. The number of fused-ring (bicyclic) bond motifs is 2. The summed E-state index contributed by atoms with van der Waals surface area (Å²) in [5, 5.41) is 2.23. The summed E-state index contributed by atoms with van der Waals surface area (Å²) in [5.74, 6) is -1.61. The van der Waals surface area contributed by atoms with Gasteiger partial charge in [-0.3, -0.25) is 39.1 Å². The molecule has 312 valence electrons. The molecular weight excluding hydrogens is 776 g/mol. The van der Waals surface area contributed by atoms with Crippen LogP contribution in [0, 0.1) is 17.9 Å². The number of imide groups is 2. The summed E-state index contributed by atoms with van der Waals surface area (Å²) < 4.78 is 41.1. The number of nitrogens with zero attached hydrogens (tertiary/aromatic N) is 6. The standard InChI is InChI=1S/C45H46F3N7O5/c1-27-22-44(26-54(27)33-7-8-37(49-2)36(21-33)45(46,47)48)13-17-52(18-14-44)32-5-3-29(4-6-32)41(58)53-15-11-28(12-16-53)23-51-24-30-19-34-35(20-31(30)25-51)43(60)55(42(34)59)38-9-10-39(56)50-40(38)57/h3-8,19-21,27-28,38H,9-18,22-26H2,1H3,(H,50,56,57)/t27-,38?/m0/s1. The van der Waals surface area contributed by atoms with Gasteiger partial charge in [0, 0.05) is 81.8 Å². The summed E-state index contributed by atoms with van der Waals surface area (Å²) in [6, 6.07) is 14.5. The smallest absolute Gasteiger partial charge is 0.371 e. The van der Waals surface area contributed by atoms with Crippen LogP contribution in [0.1, 0.15) is 99.6 Å². The van der Waals surface area contributed by atoms with Crippen LogP contribution >= 0.6 is 0 Å². The van der Waals surface area contributed by atoms with Gasteiger partial charge >= 0.3 is 6.18 Å². The van der Waals surface area contributed by atoms with E-state index in [1.54, 1.807) is 18.2 Å². The quantitative estimate of drug-likeness (QED) is 0.224. The minimum Gasteiger partial charge on any atom is -0.371 e. The number of hydrogen-bond donors (Lipinski definition) is 1. The second-order valence-electron chi connectivity index (χ2n) is 17.5. The van der Waals surface area contributed by atoms with Crippen molar-refractivity contribution in [3.8, 4) is 0 Å². The summed E-state index contributed by atoms with van der Waals surface area (Å²) in [4.78, 5) is 77.0. The number of alkyl halides is 3. The summed E-state index contributed by atoms with van der Waals surface area (Å²) >= 11 is 0. The highest BCUT2D eigenvalue weighted by molar-refractivity contribution is 6.23. The number of nitrogens with one attached hydrogen (secondary N) is 1. The molecule has 1 spiro atoms. The number of carbonyl (C=O) groups excluding carboxylic acids is 5.